The number of nitrogens with two attached hydrogens (primary N) is 1. The van der Waals surface area contributed by atoms with Gasteiger partial charge >= 0.3 is 0 Å². The number of methoxy groups -OCH3 is 1. The molecule has 0 spiro atoms. The Morgan fingerprint density at radius 3 is 2.65 bits per heavy atom. The Morgan fingerprint density at radius 1 is 1.41 bits per heavy atom. The molecule has 0 aliphatic heterocycles. The molecular formula is C13H26N2O2. The molecule has 0 radical (unpaired) electrons. The first kappa shape index (κ1) is 14.5. The van der Waals surface area contributed by atoms with Crippen LogP contribution in [0.2, 0.25) is 0 Å². The van der Waals surface area contributed by atoms with E-state index >= 15 is 0 Å². The minimum absolute atomic E-state index is 0.000608. The fraction of sp³-hybridized carbons (Fsp3) is 0.923. The zero-order valence-corrected chi connectivity index (χ0v) is 11.1. The number of nitrogens with one attached hydrogen (secondary N) is 1. The standard InChI is InChI=1S/C13H26N2O2/c1-10-5-7-11(8-6-10)15-13(16)12(14)4-3-9-17-2/h10-12H,3-9,14H2,1-2H3,(H,15,16). The Bertz CT molecular complexity index is 225. The van der Waals surface area contributed by atoms with Crippen LogP contribution in [0.4, 0.5) is 0 Å². The number of rotatable bonds is 6. The van der Waals surface area contributed by atoms with Crippen molar-refractivity contribution in [2.45, 2.75) is 57.5 Å². The zero-order chi connectivity index (χ0) is 12.7. The average Bonchev–Trinajstić information content (AvgIpc) is 2.32. The molecule has 0 aromatic carbocycles. The highest BCUT2D eigenvalue weighted by molar-refractivity contribution is 5.81. The van der Waals surface area contributed by atoms with Gasteiger partial charge in [0.1, 0.15) is 0 Å². The van der Waals surface area contributed by atoms with Crippen LogP contribution in [0.25, 0.3) is 0 Å². The molecule has 0 saturated heterocycles. The van der Waals surface area contributed by atoms with Gasteiger partial charge in [-0.15, -0.1) is 0 Å². The number of carbonyl (C=O) groups excluding carboxylic acids is 1. The van der Waals surface area contributed by atoms with Gasteiger partial charge in [0.05, 0.1) is 6.04 Å². The Hall–Kier alpha value is -0.610. The third-order valence-electron chi connectivity index (χ3n) is 3.56. The summed E-state index contributed by atoms with van der Waals surface area (Å²) >= 11 is 0. The molecule has 1 amide bonds. The molecule has 0 heterocycles. The van der Waals surface area contributed by atoms with Crippen molar-refractivity contribution in [2.75, 3.05) is 13.7 Å². The Labute approximate surface area is 104 Å². The maximum absolute atomic E-state index is 11.8. The summed E-state index contributed by atoms with van der Waals surface area (Å²) in [5.74, 6) is 0.805. The molecule has 1 unspecified atom stereocenters. The summed E-state index contributed by atoms with van der Waals surface area (Å²) in [6.45, 7) is 2.94. The van der Waals surface area contributed by atoms with Gasteiger partial charge in [-0.2, -0.15) is 0 Å². The van der Waals surface area contributed by atoms with Crippen LogP contribution >= 0.6 is 0 Å². The van der Waals surface area contributed by atoms with Gasteiger partial charge in [0.2, 0.25) is 5.91 Å². The maximum atomic E-state index is 11.8. The van der Waals surface area contributed by atoms with Crippen molar-refractivity contribution in [3.8, 4) is 0 Å². The molecule has 0 aromatic rings. The van der Waals surface area contributed by atoms with Crippen LogP contribution in [0, 0.1) is 5.92 Å². The van der Waals surface area contributed by atoms with Gasteiger partial charge in [0, 0.05) is 19.8 Å². The summed E-state index contributed by atoms with van der Waals surface area (Å²) < 4.78 is 4.95. The van der Waals surface area contributed by atoms with E-state index in [1.807, 2.05) is 0 Å². The lowest BCUT2D eigenvalue weighted by atomic mass is 9.87. The Morgan fingerprint density at radius 2 is 2.06 bits per heavy atom. The molecule has 17 heavy (non-hydrogen) atoms. The van der Waals surface area contributed by atoms with Gasteiger partial charge in [0.25, 0.3) is 0 Å². The molecule has 1 saturated carbocycles. The summed E-state index contributed by atoms with van der Waals surface area (Å²) in [5, 5.41) is 3.06. The monoisotopic (exact) mass is 242 g/mol. The molecule has 0 bridgehead atoms. The minimum atomic E-state index is -0.385. The molecular weight excluding hydrogens is 216 g/mol. The topological polar surface area (TPSA) is 64.3 Å². The second kappa shape index (κ2) is 7.67. The molecule has 1 rings (SSSR count). The van der Waals surface area contributed by atoms with Crippen LogP contribution in [0.15, 0.2) is 0 Å². The van der Waals surface area contributed by atoms with Crippen LogP contribution in [0.1, 0.15) is 45.4 Å². The lowest BCUT2D eigenvalue weighted by Crippen LogP contribution is -2.46. The fourth-order valence-electron chi connectivity index (χ4n) is 2.29. The van der Waals surface area contributed by atoms with E-state index in [4.69, 9.17) is 10.5 Å². The van der Waals surface area contributed by atoms with Gasteiger partial charge in [-0.3, -0.25) is 4.79 Å². The van der Waals surface area contributed by atoms with Crippen molar-refractivity contribution in [1.82, 2.24) is 5.32 Å². The van der Waals surface area contributed by atoms with Crippen molar-refractivity contribution >= 4 is 5.91 Å². The van der Waals surface area contributed by atoms with Gasteiger partial charge < -0.3 is 15.8 Å². The average molecular weight is 242 g/mol. The van der Waals surface area contributed by atoms with E-state index in [0.717, 1.165) is 25.2 Å². The van der Waals surface area contributed by atoms with Crippen molar-refractivity contribution in [1.29, 1.82) is 0 Å². The van der Waals surface area contributed by atoms with Gasteiger partial charge in [-0.1, -0.05) is 6.92 Å². The minimum Gasteiger partial charge on any atom is -0.385 e. The summed E-state index contributed by atoms with van der Waals surface area (Å²) in [6, 6.07) is -0.0447. The zero-order valence-electron chi connectivity index (χ0n) is 11.1. The largest absolute Gasteiger partial charge is 0.385 e. The van der Waals surface area contributed by atoms with Crippen molar-refractivity contribution in [3.63, 3.8) is 0 Å². The summed E-state index contributed by atoms with van der Waals surface area (Å²) in [4.78, 5) is 11.8. The first-order valence-electron chi connectivity index (χ1n) is 6.68. The number of carbonyl (C=O) groups is 1. The molecule has 0 aromatic heterocycles. The molecule has 4 nitrogen and oxygen atoms in total. The van der Waals surface area contributed by atoms with Crippen LogP contribution in [-0.4, -0.2) is 31.7 Å². The number of amides is 1. The molecule has 1 aliphatic rings. The first-order valence-corrected chi connectivity index (χ1v) is 6.68. The Balaban J connectivity index is 2.19. The van der Waals surface area contributed by atoms with E-state index in [0.29, 0.717) is 19.1 Å². The first-order chi connectivity index (χ1) is 8.13. The number of hydrogen-bond donors (Lipinski definition) is 2. The molecule has 1 fully saturated rings. The van der Waals surface area contributed by atoms with E-state index in [-0.39, 0.29) is 11.9 Å². The van der Waals surface area contributed by atoms with Crippen LogP contribution < -0.4 is 11.1 Å². The third kappa shape index (κ3) is 5.50. The van der Waals surface area contributed by atoms with Crippen molar-refractivity contribution in [3.05, 3.63) is 0 Å². The van der Waals surface area contributed by atoms with Crippen molar-refractivity contribution in [2.24, 2.45) is 11.7 Å². The highest BCUT2D eigenvalue weighted by atomic mass is 16.5. The van der Waals surface area contributed by atoms with E-state index in [2.05, 4.69) is 12.2 Å². The number of ether oxygens (including phenoxy) is 1. The Kier molecular flexibility index (Phi) is 6.52. The quantitative estimate of drug-likeness (QED) is 0.693. The lowest BCUT2D eigenvalue weighted by molar-refractivity contribution is -0.123. The third-order valence-corrected chi connectivity index (χ3v) is 3.56. The smallest absolute Gasteiger partial charge is 0.237 e. The van der Waals surface area contributed by atoms with Crippen LogP contribution in [0.5, 0.6) is 0 Å². The van der Waals surface area contributed by atoms with Gasteiger partial charge in [-0.25, -0.2) is 0 Å². The van der Waals surface area contributed by atoms with E-state index < -0.39 is 0 Å². The summed E-state index contributed by atoms with van der Waals surface area (Å²) in [6.07, 6.45) is 6.15. The van der Waals surface area contributed by atoms with E-state index in [1.54, 1.807) is 7.11 Å². The predicted octanol–water partition coefficient (Wildman–Crippen LogP) is 1.44. The van der Waals surface area contributed by atoms with Crippen LogP contribution in [-0.2, 0) is 9.53 Å². The second-order valence-corrected chi connectivity index (χ2v) is 5.21. The highest BCUT2D eigenvalue weighted by Gasteiger charge is 2.22. The fourth-order valence-corrected chi connectivity index (χ4v) is 2.29. The second-order valence-electron chi connectivity index (χ2n) is 5.21. The molecule has 3 N–H and O–H groups in total. The van der Waals surface area contributed by atoms with Gasteiger partial charge in [0.15, 0.2) is 0 Å². The predicted molar refractivity (Wildman–Crippen MR) is 68.6 cm³/mol. The lowest BCUT2D eigenvalue weighted by Gasteiger charge is -2.27. The normalized spacial score (nSPS) is 26.5. The van der Waals surface area contributed by atoms with E-state index in [9.17, 15) is 4.79 Å². The summed E-state index contributed by atoms with van der Waals surface area (Å²) in [7, 11) is 1.66. The molecule has 4 heteroatoms. The summed E-state index contributed by atoms with van der Waals surface area (Å²) in [5.41, 5.74) is 5.83. The molecule has 1 aliphatic carbocycles. The molecule has 100 valence electrons. The van der Waals surface area contributed by atoms with Crippen LogP contribution in [0.3, 0.4) is 0 Å². The van der Waals surface area contributed by atoms with E-state index in [1.165, 1.54) is 12.8 Å². The number of hydrogen-bond acceptors (Lipinski definition) is 3. The van der Waals surface area contributed by atoms with Gasteiger partial charge in [-0.05, 0) is 44.4 Å². The maximum Gasteiger partial charge on any atom is 0.237 e. The van der Waals surface area contributed by atoms with Crippen molar-refractivity contribution < 1.29 is 9.53 Å². The highest BCUT2D eigenvalue weighted by Crippen LogP contribution is 2.23. The molecule has 1 atom stereocenters. The SMILES string of the molecule is COCCCC(N)C(=O)NC1CCC(C)CC1.